The second kappa shape index (κ2) is 9.69. The molecule has 1 aromatic heterocycles. The van der Waals surface area contributed by atoms with Crippen molar-refractivity contribution >= 4 is 35.2 Å². The highest BCUT2D eigenvalue weighted by Gasteiger charge is 2.30. The standard InChI is InChI=1S/C21H13Cl2F3N4O/c22-17-7-13(10-29-30-19-6-5-16(11-28-19)21(24,25)26)8-18(23)20(17)31-12-15-4-2-1-3-14(15)9-27/h1-8,10-11H,12H2,(H,28,30)/b29-10-. The first-order valence-electron chi connectivity index (χ1n) is 8.70. The zero-order valence-corrected chi connectivity index (χ0v) is 17.1. The molecule has 0 aliphatic carbocycles. The largest absolute Gasteiger partial charge is 0.486 e. The summed E-state index contributed by atoms with van der Waals surface area (Å²) < 4.78 is 43.3. The molecule has 0 atom stereocenters. The van der Waals surface area contributed by atoms with Crippen molar-refractivity contribution in [3.05, 3.63) is 87.0 Å². The van der Waals surface area contributed by atoms with E-state index in [9.17, 15) is 13.2 Å². The number of halogens is 5. The summed E-state index contributed by atoms with van der Waals surface area (Å²) in [5.74, 6) is 0.392. The SMILES string of the molecule is N#Cc1ccccc1COc1c(Cl)cc(/C=N\Nc2ccc(C(F)(F)F)cn2)cc1Cl. The van der Waals surface area contributed by atoms with Gasteiger partial charge in [0.2, 0.25) is 0 Å². The minimum absolute atomic E-state index is 0.109. The van der Waals surface area contributed by atoms with E-state index >= 15 is 0 Å². The average molecular weight is 465 g/mol. The molecule has 0 saturated heterocycles. The van der Waals surface area contributed by atoms with E-state index in [2.05, 4.69) is 21.6 Å². The van der Waals surface area contributed by atoms with Crippen LogP contribution >= 0.6 is 23.2 Å². The average Bonchev–Trinajstić information content (AvgIpc) is 2.73. The van der Waals surface area contributed by atoms with Crippen LogP contribution in [-0.2, 0) is 12.8 Å². The molecule has 158 valence electrons. The number of rotatable bonds is 6. The van der Waals surface area contributed by atoms with Crippen molar-refractivity contribution in [3.8, 4) is 11.8 Å². The van der Waals surface area contributed by atoms with Crippen LogP contribution in [0.5, 0.6) is 5.75 Å². The molecule has 5 nitrogen and oxygen atoms in total. The lowest BCUT2D eigenvalue weighted by molar-refractivity contribution is -0.137. The Hall–Kier alpha value is -3.28. The number of nitrogens with one attached hydrogen (secondary N) is 1. The highest BCUT2D eigenvalue weighted by Crippen LogP contribution is 2.34. The second-order valence-electron chi connectivity index (χ2n) is 6.17. The van der Waals surface area contributed by atoms with Gasteiger partial charge in [-0.2, -0.15) is 23.5 Å². The number of anilines is 1. The molecule has 2 aromatic carbocycles. The summed E-state index contributed by atoms with van der Waals surface area (Å²) >= 11 is 12.5. The number of nitrogens with zero attached hydrogens (tertiary/aromatic N) is 3. The molecule has 0 fully saturated rings. The smallest absolute Gasteiger partial charge is 0.417 e. The predicted octanol–water partition coefficient (Wildman–Crippen LogP) is 6.30. The molecule has 0 radical (unpaired) electrons. The zero-order chi connectivity index (χ0) is 22.4. The molecule has 3 aromatic rings. The van der Waals surface area contributed by atoms with E-state index < -0.39 is 11.7 Å². The molecule has 0 amide bonds. The van der Waals surface area contributed by atoms with Crippen LogP contribution in [0.3, 0.4) is 0 Å². The van der Waals surface area contributed by atoms with Crippen LogP contribution in [0.25, 0.3) is 0 Å². The number of ether oxygens (including phenoxy) is 1. The molecule has 0 unspecified atom stereocenters. The topological polar surface area (TPSA) is 70.3 Å². The van der Waals surface area contributed by atoms with E-state index in [0.717, 1.165) is 12.1 Å². The van der Waals surface area contributed by atoms with Gasteiger partial charge in [0, 0.05) is 11.8 Å². The van der Waals surface area contributed by atoms with Crippen molar-refractivity contribution in [2.24, 2.45) is 5.10 Å². The first-order valence-corrected chi connectivity index (χ1v) is 9.45. The summed E-state index contributed by atoms with van der Waals surface area (Å²) in [4.78, 5) is 3.65. The minimum atomic E-state index is -4.46. The highest BCUT2D eigenvalue weighted by atomic mass is 35.5. The summed E-state index contributed by atoms with van der Waals surface area (Å²) in [6.45, 7) is 0.109. The van der Waals surface area contributed by atoms with Crippen molar-refractivity contribution in [2.45, 2.75) is 12.8 Å². The van der Waals surface area contributed by atoms with Crippen LogP contribution in [0.4, 0.5) is 19.0 Å². The number of alkyl halides is 3. The normalized spacial score (nSPS) is 11.4. The van der Waals surface area contributed by atoms with Gasteiger partial charge in [0.25, 0.3) is 0 Å². The number of nitriles is 1. The van der Waals surface area contributed by atoms with Crippen LogP contribution in [0, 0.1) is 11.3 Å². The Morgan fingerprint density at radius 1 is 1.13 bits per heavy atom. The summed E-state index contributed by atoms with van der Waals surface area (Å²) in [6, 6.07) is 14.3. The Bertz CT molecular complexity index is 1120. The molecule has 1 N–H and O–H groups in total. The summed E-state index contributed by atoms with van der Waals surface area (Å²) in [5, 5.41) is 13.5. The first-order chi connectivity index (χ1) is 14.8. The third-order valence-corrected chi connectivity index (χ3v) is 4.58. The Labute approximate surface area is 185 Å². The fourth-order valence-corrected chi connectivity index (χ4v) is 3.11. The molecule has 0 saturated carbocycles. The number of aromatic nitrogens is 1. The number of hydrazone groups is 1. The van der Waals surface area contributed by atoms with Gasteiger partial charge < -0.3 is 4.74 Å². The third-order valence-electron chi connectivity index (χ3n) is 4.01. The lowest BCUT2D eigenvalue weighted by Gasteiger charge is -2.11. The molecular formula is C21H13Cl2F3N4O. The number of benzene rings is 2. The molecule has 10 heteroatoms. The molecular weight excluding hydrogens is 452 g/mol. The maximum Gasteiger partial charge on any atom is 0.417 e. The first kappa shape index (κ1) is 22.4. The van der Waals surface area contributed by atoms with Crippen LogP contribution in [0.15, 0.2) is 59.8 Å². The maximum atomic E-state index is 12.6. The zero-order valence-electron chi connectivity index (χ0n) is 15.6. The van der Waals surface area contributed by atoms with Crippen LogP contribution in [0.1, 0.15) is 22.3 Å². The van der Waals surface area contributed by atoms with E-state index in [1.54, 1.807) is 36.4 Å². The minimum Gasteiger partial charge on any atom is -0.486 e. The Morgan fingerprint density at radius 2 is 1.84 bits per heavy atom. The maximum absolute atomic E-state index is 12.6. The van der Waals surface area contributed by atoms with Crippen LogP contribution in [-0.4, -0.2) is 11.2 Å². The molecule has 0 aliphatic rings. The molecule has 0 spiro atoms. The monoisotopic (exact) mass is 464 g/mol. The Morgan fingerprint density at radius 3 is 2.45 bits per heavy atom. The van der Waals surface area contributed by atoms with Crippen LogP contribution in [0.2, 0.25) is 10.0 Å². The summed E-state index contributed by atoms with van der Waals surface area (Å²) in [6.07, 6.45) is -2.36. The van der Waals surface area contributed by atoms with E-state index in [4.69, 9.17) is 33.2 Å². The van der Waals surface area contributed by atoms with Crippen molar-refractivity contribution in [1.82, 2.24) is 4.98 Å². The van der Waals surface area contributed by atoms with E-state index in [1.807, 2.05) is 0 Å². The van der Waals surface area contributed by atoms with Gasteiger partial charge in [0.15, 0.2) is 5.75 Å². The van der Waals surface area contributed by atoms with E-state index in [-0.39, 0.29) is 28.2 Å². The molecule has 3 rings (SSSR count). The van der Waals surface area contributed by atoms with Crippen molar-refractivity contribution in [1.29, 1.82) is 5.26 Å². The number of hydrogen-bond donors (Lipinski definition) is 1. The summed E-state index contributed by atoms with van der Waals surface area (Å²) in [7, 11) is 0. The predicted molar refractivity (Wildman–Crippen MR) is 112 cm³/mol. The summed E-state index contributed by atoms with van der Waals surface area (Å²) in [5.41, 5.74) is 3.38. The molecule has 0 aliphatic heterocycles. The number of pyridine rings is 1. The second-order valence-corrected chi connectivity index (χ2v) is 6.99. The fraction of sp³-hybridized carbons (Fsp3) is 0.0952. The molecule has 1 heterocycles. The molecule has 31 heavy (non-hydrogen) atoms. The van der Waals surface area contributed by atoms with Gasteiger partial charge >= 0.3 is 6.18 Å². The van der Waals surface area contributed by atoms with Gasteiger partial charge in [0.05, 0.1) is 33.5 Å². The van der Waals surface area contributed by atoms with Gasteiger partial charge in [-0.3, -0.25) is 5.43 Å². The van der Waals surface area contributed by atoms with Gasteiger partial charge in [-0.1, -0.05) is 41.4 Å². The third kappa shape index (κ3) is 5.87. The fourth-order valence-electron chi connectivity index (χ4n) is 2.50. The van der Waals surface area contributed by atoms with Gasteiger partial charge in [-0.05, 0) is 35.9 Å². The molecule has 0 bridgehead atoms. The van der Waals surface area contributed by atoms with Gasteiger partial charge in [0.1, 0.15) is 12.4 Å². The van der Waals surface area contributed by atoms with E-state index in [0.29, 0.717) is 22.9 Å². The van der Waals surface area contributed by atoms with Gasteiger partial charge in [-0.15, -0.1) is 0 Å². The number of hydrogen-bond acceptors (Lipinski definition) is 5. The Kier molecular flexibility index (Phi) is 7.00. The quantitative estimate of drug-likeness (QED) is 0.343. The van der Waals surface area contributed by atoms with Crippen molar-refractivity contribution < 1.29 is 17.9 Å². The lowest BCUT2D eigenvalue weighted by atomic mass is 10.1. The highest BCUT2D eigenvalue weighted by molar-refractivity contribution is 6.37. The van der Waals surface area contributed by atoms with Crippen molar-refractivity contribution in [3.63, 3.8) is 0 Å². The van der Waals surface area contributed by atoms with Crippen LogP contribution < -0.4 is 10.2 Å². The van der Waals surface area contributed by atoms with Crippen molar-refractivity contribution in [2.75, 3.05) is 5.43 Å². The van der Waals surface area contributed by atoms with E-state index in [1.165, 1.54) is 6.21 Å². The van der Waals surface area contributed by atoms with Gasteiger partial charge in [-0.25, -0.2) is 4.98 Å². The Balaban J connectivity index is 1.66. The lowest BCUT2D eigenvalue weighted by Crippen LogP contribution is -2.05.